The molecule has 7 heteroatoms. The lowest BCUT2D eigenvalue weighted by Crippen LogP contribution is -2.56. The van der Waals surface area contributed by atoms with Crippen LogP contribution in [0.25, 0.3) is 0 Å². The van der Waals surface area contributed by atoms with E-state index in [1.54, 1.807) is 0 Å². The molecular weight excluding hydrogens is 560 g/mol. The van der Waals surface area contributed by atoms with Gasteiger partial charge in [0.2, 0.25) is 0 Å². The molecule has 0 aliphatic carbocycles. The van der Waals surface area contributed by atoms with Crippen LogP contribution in [0.5, 0.6) is 0 Å². The fourth-order valence-corrected chi connectivity index (χ4v) is 5.64. The van der Waals surface area contributed by atoms with E-state index >= 15 is 0 Å². The van der Waals surface area contributed by atoms with E-state index in [0.29, 0.717) is 13.2 Å². The molecule has 6 atom stereocenters. The summed E-state index contributed by atoms with van der Waals surface area (Å²) in [7, 11) is 0. The van der Waals surface area contributed by atoms with Gasteiger partial charge >= 0.3 is 0 Å². The van der Waals surface area contributed by atoms with Crippen LogP contribution in [0.1, 0.15) is 87.9 Å². The summed E-state index contributed by atoms with van der Waals surface area (Å²) in [6.45, 7) is 1.19. The van der Waals surface area contributed by atoms with E-state index in [4.69, 9.17) is 23.7 Å². The first-order chi connectivity index (χ1) is 19.3. The molecule has 2 fully saturated rings. The van der Waals surface area contributed by atoms with Crippen LogP contribution < -0.4 is 0 Å². The Kier molecular flexibility index (Phi) is 13.7. The minimum atomic E-state index is -0.824. The Labute approximate surface area is 242 Å². The Balaban J connectivity index is 1.27. The zero-order chi connectivity index (χ0) is 27.1. The number of unbranched alkanes of at least 4 members (excludes halogenated alkanes) is 9. The smallest absolute Gasteiger partial charge is 0.184 e. The number of ether oxygens (including phenoxy) is 5. The van der Waals surface area contributed by atoms with Crippen LogP contribution in [0, 0.1) is 0 Å². The Morgan fingerprint density at radius 2 is 1.13 bits per heavy atom. The molecule has 2 aliphatic heterocycles. The molecule has 0 spiro atoms. The molecule has 2 aromatic rings. The Bertz CT molecular complexity index is 900. The molecule has 6 nitrogen and oxygen atoms in total. The van der Waals surface area contributed by atoms with Gasteiger partial charge in [-0.05, 0) is 12.8 Å². The third-order valence-electron chi connectivity index (χ3n) is 7.46. The average Bonchev–Trinajstić information content (AvgIpc) is 2.99. The Morgan fingerprint density at radius 1 is 0.641 bits per heavy atom. The van der Waals surface area contributed by atoms with Gasteiger partial charge < -0.3 is 28.8 Å². The summed E-state index contributed by atoms with van der Waals surface area (Å²) in [4.78, 5) is 0. The number of hydrogen-bond donors (Lipinski definition) is 1. The van der Waals surface area contributed by atoms with E-state index in [0.717, 1.165) is 29.3 Å². The molecule has 216 valence electrons. The second-order valence-corrected chi connectivity index (χ2v) is 11.3. The van der Waals surface area contributed by atoms with Crippen molar-refractivity contribution >= 4 is 15.9 Å². The number of alkyl halides is 1. The van der Waals surface area contributed by atoms with Gasteiger partial charge in [0, 0.05) is 23.1 Å². The lowest BCUT2D eigenvalue weighted by Gasteiger charge is -2.44. The Morgan fingerprint density at radius 3 is 1.69 bits per heavy atom. The minimum Gasteiger partial charge on any atom is -0.388 e. The molecule has 0 radical (unpaired) electrons. The van der Waals surface area contributed by atoms with Gasteiger partial charge in [0.05, 0.1) is 13.2 Å². The van der Waals surface area contributed by atoms with Crippen molar-refractivity contribution in [2.45, 2.75) is 101 Å². The van der Waals surface area contributed by atoms with Gasteiger partial charge in [-0.2, -0.15) is 0 Å². The molecule has 39 heavy (non-hydrogen) atoms. The van der Waals surface area contributed by atoms with E-state index in [9.17, 15) is 5.11 Å². The van der Waals surface area contributed by atoms with Crippen molar-refractivity contribution < 1.29 is 28.8 Å². The number of hydrogen-bond acceptors (Lipinski definition) is 6. The highest BCUT2D eigenvalue weighted by Gasteiger charge is 2.45. The van der Waals surface area contributed by atoms with Crippen LogP contribution in [0.15, 0.2) is 60.7 Å². The zero-order valence-corrected chi connectivity index (χ0v) is 24.6. The van der Waals surface area contributed by atoms with Crippen LogP contribution in [-0.4, -0.2) is 54.7 Å². The first-order valence-corrected chi connectivity index (χ1v) is 15.9. The zero-order valence-electron chi connectivity index (χ0n) is 23.0. The van der Waals surface area contributed by atoms with Crippen LogP contribution >= 0.6 is 15.9 Å². The predicted molar refractivity (Wildman–Crippen MR) is 156 cm³/mol. The summed E-state index contributed by atoms with van der Waals surface area (Å²) < 4.78 is 31.0. The molecule has 2 heterocycles. The first-order valence-electron chi connectivity index (χ1n) is 14.8. The SMILES string of the molecule is O[C@@H]1COC(c2ccccc2)O[C@H]1[C@@H]1OC(c2ccccc2)OC[C@H]1OCCCCCCCCCCCCBr. The van der Waals surface area contributed by atoms with Crippen molar-refractivity contribution in [2.24, 2.45) is 0 Å². The van der Waals surface area contributed by atoms with E-state index in [-0.39, 0.29) is 12.7 Å². The number of benzene rings is 2. The Hall–Kier alpha value is -1.32. The summed E-state index contributed by atoms with van der Waals surface area (Å²) in [5, 5.41) is 12.0. The minimum absolute atomic E-state index is 0.171. The highest BCUT2D eigenvalue weighted by molar-refractivity contribution is 9.09. The monoisotopic (exact) mass is 604 g/mol. The van der Waals surface area contributed by atoms with Crippen molar-refractivity contribution in [3.63, 3.8) is 0 Å². The number of rotatable bonds is 16. The van der Waals surface area contributed by atoms with Gasteiger partial charge in [0.25, 0.3) is 0 Å². The molecule has 2 unspecified atom stereocenters. The third-order valence-corrected chi connectivity index (χ3v) is 8.03. The van der Waals surface area contributed by atoms with Crippen LogP contribution in [0.2, 0.25) is 0 Å². The standard InChI is InChI=1S/C32H45BrO6/c33-21-15-7-5-3-1-2-4-6-8-16-22-35-28-24-37-32(26-19-13-10-14-20-26)39-30(28)29-27(34)23-36-31(38-29)25-17-11-9-12-18-25/h9-14,17-20,27-32,34H,1-8,15-16,21-24H2/t27-,28-,29-,30-,31?,32?/m1/s1. The van der Waals surface area contributed by atoms with Crippen molar-refractivity contribution in [3.05, 3.63) is 71.8 Å². The van der Waals surface area contributed by atoms with Gasteiger partial charge in [-0.3, -0.25) is 0 Å². The van der Waals surface area contributed by atoms with Crippen molar-refractivity contribution in [1.82, 2.24) is 0 Å². The normalized spacial score (nSPS) is 27.4. The second kappa shape index (κ2) is 17.5. The molecule has 0 bridgehead atoms. The van der Waals surface area contributed by atoms with Gasteiger partial charge in [-0.1, -0.05) is 128 Å². The average molecular weight is 606 g/mol. The van der Waals surface area contributed by atoms with Crippen LogP contribution in [-0.2, 0) is 23.7 Å². The fourth-order valence-electron chi connectivity index (χ4n) is 5.24. The molecule has 2 aliphatic rings. The molecule has 4 rings (SSSR count). The van der Waals surface area contributed by atoms with Gasteiger partial charge in [0.15, 0.2) is 12.6 Å². The molecule has 0 amide bonds. The van der Waals surface area contributed by atoms with Crippen molar-refractivity contribution in [1.29, 1.82) is 0 Å². The van der Waals surface area contributed by atoms with Crippen molar-refractivity contribution in [3.8, 4) is 0 Å². The van der Waals surface area contributed by atoms with Crippen LogP contribution in [0.3, 0.4) is 0 Å². The lowest BCUT2D eigenvalue weighted by atomic mass is 10.00. The molecular formula is C32H45BrO6. The maximum Gasteiger partial charge on any atom is 0.184 e. The summed E-state index contributed by atoms with van der Waals surface area (Å²) >= 11 is 3.50. The first kappa shape index (κ1) is 30.6. The quantitative estimate of drug-likeness (QED) is 0.161. The van der Waals surface area contributed by atoms with E-state index in [1.807, 2.05) is 60.7 Å². The molecule has 2 aromatic carbocycles. The fraction of sp³-hybridized carbons (Fsp3) is 0.625. The highest BCUT2D eigenvalue weighted by Crippen LogP contribution is 2.35. The van der Waals surface area contributed by atoms with Gasteiger partial charge in [-0.15, -0.1) is 0 Å². The lowest BCUT2D eigenvalue weighted by molar-refractivity contribution is -0.335. The molecule has 0 saturated carbocycles. The van der Waals surface area contributed by atoms with E-state index in [1.165, 1.54) is 51.4 Å². The van der Waals surface area contributed by atoms with Crippen LogP contribution in [0.4, 0.5) is 0 Å². The number of aliphatic hydroxyl groups is 1. The third kappa shape index (κ3) is 9.92. The molecule has 2 saturated heterocycles. The van der Waals surface area contributed by atoms with Gasteiger partial charge in [-0.25, -0.2) is 0 Å². The summed E-state index contributed by atoms with van der Waals surface area (Å²) in [5.74, 6) is 0. The predicted octanol–water partition coefficient (Wildman–Crippen LogP) is 7.26. The summed E-state index contributed by atoms with van der Waals surface area (Å²) in [5.41, 5.74) is 1.85. The maximum atomic E-state index is 10.9. The number of halogens is 1. The largest absolute Gasteiger partial charge is 0.388 e. The maximum absolute atomic E-state index is 10.9. The van der Waals surface area contributed by atoms with E-state index < -0.39 is 30.9 Å². The summed E-state index contributed by atoms with van der Waals surface area (Å²) in [6, 6.07) is 19.7. The van der Waals surface area contributed by atoms with Gasteiger partial charge in [0.1, 0.15) is 24.4 Å². The molecule has 1 N–H and O–H groups in total. The summed E-state index contributed by atoms with van der Waals surface area (Å²) in [6.07, 6.45) is 9.35. The second-order valence-electron chi connectivity index (χ2n) is 10.6. The van der Waals surface area contributed by atoms with Crippen molar-refractivity contribution in [2.75, 3.05) is 25.2 Å². The van der Waals surface area contributed by atoms with E-state index in [2.05, 4.69) is 15.9 Å². The highest BCUT2D eigenvalue weighted by atomic mass is 79.9. The number of aliphatic hydroxyl groups excluding tert-OH is 1. The topological polar surface area (TPSA) is 66.4 Å². The molecule has 0 aromatic heterocycles.